The molecule has 0 spiro atoms. The molecule has 0 aliphatic carbocycles. The lowest BCUT2D eigenvalue weighted by Gasteiger charge is -2.09. The maximum absolute atomic E-state index is 12.4. The Morgan fingerprint density at radius 1 is 1.11 bits per heavy atom. The maximum atomic E-state index is 12.4. The molecule has 27 heavy (non-hydrogen) atoms. The van der Waals surface area contributed by atoms with E-state index in [-0.39, 0.29) is 5.91 Å². The van der Waals surface area contributed by atoms with E-state index in [2.05, 4.69) is 20.8 Å². The van der Waals surface area contributed by atoms with E-state index in [1.165, 1.54) is 12.4 Å². The molecule has 0 atom stereocenters. The number of nitrogens with one attached hydrogen (secondary N) is 2. The van der Waals surface area contributed by atoms with Gasteiger partial charge in [-0.25, -0.2) is 5.43 Å². The third kappa shape index (κ3) is 4.46. The highest BCUT2D eigenvalue weighted by Crippen LogP contribution is 2.16. The van der Waals surface area contributed by atoms with E-state index in [0.29, 0.717) is 22.6 Å². The summed E-state index contributed by atoms with van der Waals surface area (Å²) >= 11 is 0. The Hall–Kier alpha value is -3.74. The van der Waals surface area contributed by atoms with Crippen LogP contribution in [0.15, 0.2) is 64.4 Å². The van der Waals surface area contributed by atoms with Gasteiger partial charge in [0.2, 0.25) is 0 Å². The molecule has 0 bridgehead atoms. The van der Waals surface area contributed by atoms with Crippen LogP contribution in [-0.2, 0) is 0 Å². The zero-order chi connectivity index (χ0) is 19.2. The van der Waals surface area contributed by atoms with Crippen molar-refractivity contribution < 1.29 is 14.0 Å². The Morgan fingerprint density at radius 2 is 1.93 bits per heavy atom. The smallest absolute Gasteiger partial charge is 0.273 e. The highest BCUT2D eigenvalue weighted by atomic mass is 16.3. The summed E-state index contributed by atoms with van der Waals surface area (Å²) in [5, 5.41) is 6.63. The second-order valence-corrected chi connectivity index (χ2v) is 5.83. The van der Waals surface area contributed by atoms with Gasteiger partial charge in [-0.2, -0.15) is 5.10 Å². The van der Waals surface area contributed by atoms with Crippen molar-refractivity contribution in [1.82, 2.24) is 10.4 Å². The van der Waals surface area contributed by atoms with Crippen LogP contribution in [0.2, 0.25) is 0 Å². The number of carbonyl (C=O) groups excluding carboxylic acids is 2. The van der Waals surface area contributed by atoms with Crippen LogP contribution in [0.1, 0.15) is 37.8 Å². The van der Waals surface area contributed by atoms with Gasteiger partial charge < -0.3 is 9.73 Å². The van der Waals surface area contributed by atoms with Crippen molar-refractivity contribution in [3.63, 3.8) is 0 Å². The average Bonchev–Trinajstić information content (AvgIpc) is 3.00. The second kappa shape index (κ2) is 8.09. The molecule has 3 rings (SSSR count). The number of pyridine rings is 1. The van der Waals surface area contributed by atoms with E-state index in [9.17, 15) is 9.59 Å². The van der Waals surface area contributed by atoms with Crippen molar-refractivity contribution in [2.45, 2.75) is 13.8 Å². The number of carbonyl (C=O) groups is 2. The Labute approximate surface area is 156 Å². The van der Waals surface area contributed by atoms with Gasteiger partial charge in [-0.05, 0) is 49.7 Å². The van der Waals surface area contributed by atoms with Crippen LogP contribution < -0.4 is 10.7 Å². The van der Waals surface area contributed by atoms with Crippen LogP contribution in [0.5, 0.6) is 0 Å². The van der Waals surface area contributed by atoms with E-state index < -0.39 is 5.91 Å². The number of rotatable bonds is 5. The van der Waals surface area contributed by atoms with E-state index in [1.54, 1.807) is 42.6 Å². The van der Waals surface area contributed by atoms with Crippen LogP contribution in [0.4, 0.5) is 5.69 Å². The van der Waals surface area contributed by atoms with E-state index >= 15 is 0 Å². The molecule has 0 radical (unpaired) electrons. The number of hydrogen-bond acceptors (Lipinski definition) is 5. The number of aromatic nitrogens is 1. The van der Waals surface area contributed by atoms with Crippen LogP contribution in [0, 0.1) is 13.8 Å². The molecule has 0 aliphatic rings. The molecule has 0 fully saturated rings. The first kappa shape index (κ1) is 18.1. The first-order chi connectivity index (χ1) is 13.0. The highest BCUT2D eigenvalue weighted by Gasteiger charge is 2.13. The molecule has 3 aromatic rings. The third-order valence-corrected chi connectivity index (χ3v) is 3.89. The number of para-hydroxylation sites is 1. The van der Waals surface area contributed by atoms with Crippen molar-refractivity contribution in [3.05, 3.63) is 83.1 Å². The fraction of sp³-hybridized carbons (Fsp3) is 0.100. The fourth-order valence-corrected chi connectivity index (χ4v) is 2.36. The Bertz CT molecular complexity index is 974. The number of amides is 2. The van der Waals surface area contributed by atoms with Gasteiger partial charge in [0.1, 0.15) is 11.5 Å². The highest BCUT2D eigenvalue weighted by molar-refractivity contribution is 6.08. The van der Waals surface area contributed by atoms with Gasteiger partial charge >= 0.3 is 0 Å². The number of hydrazone groups is 1. The quantitative estimate of drug-likeness (QED) is 0.537. The SMILES string of the molecule is Cc1cc(/C=N/NC(=O)c2ccccc2NC(=O)c2cccnc2)oc1C. The van der Waals surface area contributed by atoms with Crippen LogP contribution in [0.25, 0.3) is 0 Å². The molecular formula is C20H18N4O3. The Morgan fingerprint density at radius 3 is 2.63 bits per heavy atom. The first-order valence-electron chi connectivity index (χ1n) is 8.25. The van der Waals surface area contributed by atoms with Gasteiger partial charge in [0, 0.05) is 12.4 Å². The summed E-state index contributed by atoms with van der Waals surface area (Å²) in [5.74, 6) is 0.538. The van der Waals surface area contributed by atoms with Gasteiger partial charge in [0.05, 0.1) is 23.0 Å². The monoisotopic (exact) mass is 362 g/mol. The zero-order valence-corrected chi connectivity index (χ0v) is 14.9. The predicted molar refractivity (Wildman–Crippen MR) is 102 cm³/mol. The molecule has 0 aliphatic heterocycles. The van der Waals surface area contributed by atoms with Gasteiger partial charge in [0.15, 0.2) is 0 Å². The summed E-state index contributed by atoms with van der Waals surface area (Å²) in [5.41, 5.74) is 4.51. The van der Waals surface area contributed by atoms with Crippen molar-refractivity contribution in [2.75, 3.05) is 5.32 Å². The van der Waals surface area contributed by atoms with E-state index in [1.807, 2.05) is 19.9 Å². The average molecular weight is 362 g/mol. The molecule has 0 saturated heterocycles. The van der Waals surface area contributed by atoms with Gasteiger partial charge in [-0.15, -0.1) is 0 Å². The number of anilines is 1. The van der Waals surface area contributed by atoms with Crippen LogP contribution in [-0.4, -0.2) is 23.0 Å². The summed E-state index contributed by atoms with van der Waals surface area (Å²) < 4.78 is 5.46. The number of nitrogens with zero attached hydrogens (tertiary/aromatic N) is 2. The van der Waals surface area contributed by atoms with Crippen molar-refractivity contribution in [3.8, 4) is 0 Å². The standard InChI is InChI=1S/C20H18N4O3/c1-13-10-16(27-14(13)2)12-22-24-20(26)17-7-3-4-8-18(17)23-19(25)15-6-5-9-21-11-15/h3-12H,1-2H3,(H,23,25)(H,24,26)/b22-12+. The van der Waals surface area contributed by atoms with E-state index in [0.717, 1.165) is 11.3 Å². The summed E-state index contributed by atoms with van der Waals surface area (Å²) in [6.07, 6.45) is 4.46. The molecule has 7 nitrogen and oxygen atoms in total. The molecule has 2 N–H and O–H groups in total. The van der Waals surface area contributed by atoms with E-state index in [4.69, 9.17) is 4.42 Å². The topological polar surface area (TPSA) is 96.6 Å². The van der Waals surface area contributed by atoms with Gasteiger partial charge in [-0.1, -0.05) is 12.1 Å². The fourth-order valence-electron chi connectivity index (χ4n) is 2.36. The number of hydrogen-bond donors (Lipinski definition) is 2. The lowest BCUT2D eigenvalue weighted by Crippen LogP contribution is -2.21. The Balaban J connectivity index is 1.71. The van der Waals surface area contributed by atoms with Crippen LogP contribution >= 0.6 is 0 Å². The van der Waals surface area contributed by atoms with Crippen molar-refractivity contribution in [2.24, 2.45) is 5.10 Å². The first-order valence-corrected chi connectivity index (χ1v) is 8.25. The zero-order valence-electron chi connectivity index (χ0n) is 14.9. The Kier molecular flexibility index (Phi) is 5.41. The van der Waals surface area contributed by atoms with Gasteiger partial charge in [-0.3, -0.25) is 14.6 Å². The molecule has 0 saturated carbocycles. The minimum atomic E-state index is -0.451. The summed E-state index contributed by atoms with van der Waals surface area (Å²) in [6.45, 7) is 3.78. The molecule has 136 valence electrons. The summed E-state index contributed by atoms with van der Waals surface area (Å²) in [6, 6.07) is 11.8. The minimum absolute atomic E-state index is 0.290. The normalized spacial score (nSPS) is 10.7. The third-order valence-electron chi connectivity index (χ3n) is 3.89. The van der Waals surface area contributed by atoms with Gasteiger partial charge in [0.25, 0.3) is 11.8 Å². The molecule has 0 unspecified atom stereocenters. The van der Waals surface area contributed by atoms with Crippen LogP contribution in [0.3, 0.4) is 0 Å². The number of aryl methyl sites for hydroxylation is 2. The predicted octanol–water partition coefficient (Wildman–Crippen LogP) is 3.31. The minimum Gasteiger partial charge on any atom is -0.460 e. The molecule has 2 heterocycles. The maximum Gasteiger partial charge on any atom is 0.273 e. The number of furan rings is 1. The molecular weight excluding hydrogens is 344 g/mol. The molecule has 1 aromatic carbocycles. The summed E-state index contributed by atoms with van der Waals surface area (Å²) in [4.78, 5) is 28.6. The summed E-state index contributed by atoms with van der Waals surface area (Å²) in [7, 11) is 0. The van der Waals surface area contributed by atoms with Crippen molar-refractivity contribution >= 4 is 23.7 Å². The largest absolute Gasteiger partial charge is 0.460 e. The molecule has 2 aromatic heterocycles. The van der Waals surface area contributed by atoms with Crippen molar-refractivity contribution in [1.29, 1.82) is 0 Å². The number of benzene rings is 1. The second-order valence-electron chi connectivity index (χ2n) is 5.83. The lowest BCUT2D eigenvalue weighted by molar-refractivity contribution is 0.0956. The lowest BCUT2D eigenvalue weighted by atomic mass is 10.1. The molecule has 2 amide bonds. The molecule has 7 heteroatoms.